The highest BCUT2D eigenvalue weighted by molar-refractivity contribution is 5.17. The smallest absolute Gasteiger partial charge is 0.321 e. The van der Waals surface area contributed by atoms with Crippen LogP contribution in [0.5, 0.6) is 0 Å². The van der Waals surface area contributed by atoms with Gasteiger partial charge >= 0.3 is 6.01 Å². The van der Waals surface area contributed by atoms with Crippen LogP contribution in [0.4, 0.5) is 6.01 Å². The van der Waals surface area contributed by atoms with Crippen molar-refractivity contribution in [2.75, 3.05) is 25.6 Å². The Morgan fingerprint density at radius 1 is 1.47 bits per heavy atom. The Kier molecular flexibility index (Phi) is 5.10. The number of nitrogens with one attached hydrogen (secondary N) is 1. The summed E-state index contributed by atoms with van der Waals surface area (Å²) in [5, 5.41) is 6.87. The lowest BCUT2D eigenvalue weighted by molar-refractivity contribution is 0.210. The molecule has 0 bridgehead atoms. The lowest BCUT2D eigenvalue weighted by atomic mass is 10.1. The number of anilines is 1. The first kappa shape index (κ1) is 12.0. The first-order valence-electron chi connectivity index (χ1n) is 5.27. The number of methoxy groups -OCH3 is 1. The van der Waals surface area contributed by atoms with Crippen LogP contribution in [0.2, 0.25) is 0 Å². The number of nitrogens with zero attached hydrogens (tertiary/aromatic N) is 2. The van der Waals surface area contributed by atoms with E-state index in [0.29, 0.717) is 25.1 Å². The molecule has 1 rings (SSSR count). The molecule has 1 aromatic rings. The van der Waals surface area contributed by atoms with Gasteiger partial charge in [-0.3, -0.25) is 0 Å². The molecule has 0 radical (unpaired) electrons. The summed E-state index contributed by atoms with van der Waals surface area (Å²) in [6.07, 6.45) is 1.95. The van der Waals surface area contributed by atoms with Crippen LogP contribution in [-0.2, 0) is 11.2 Å². The predicted octanol–water partition coefficient (Wildman–Crippen LogP) is 1.72. The van der Waals surface area contributed by atoms with E-state index in [9.17, 15) is 0 Å². The van der Waals surface area contributed by atoms with Gasteiger partial charge in [-0.2, -0.15) is 4.98 Å². The van der Waals surface area contributed by atoms with E-state index in [1.807, 2.05) is 0 Å². The van der Waals surface area contributed by atoms with Crippen LogP contribution in [0.25, 0.3) is 0 Å². The molecule has 0 aromatic carbocycles. The molecular formula is C10H19N3O2. The summed E-state index contributed by atoms with van der Waals surface area (Å²) in [7, 11) is 1.66. The molecule has 0 saturated carbocycles. The summed E-state index contributed by atoms with van der Waals surface area (Å²) < 4.78 is 9.91. The van der Waals surface area contributed by atoms with Crippen molar-refractivity contribution in [2.24, 2.45) is 5.92 Å². The highest BCUT2D eigenvalue weighted by Crippen LogP contribution is 2.08. The van der Waals surface area contributed by atoms with Crippen molar-refractivity contribution in [1.82, 2.24) is 10.1 Å². The maximum Gasteiger partial charge on any atom is 0.321 e. The predicted molar refractivity (Wildman–Crippen MR) is 57.8 cm³/mol. The van der Waals surface area contributed by atoms with Gasteiger partial charge < -0.3 is 14.6 Å². The molecule has 5 nitrogen and oxygen atoms in total. The standard InChI is InChI=1S/C10H19N3O2/c1-8(2)4-5-9-12-10(15-13-9)11-6-7-14-3/h8H,4-7H2,1-3H3,(H,11,12,13). The Morgan fingerprint density at radius 3 is 2.93 bits per heavy atom. The molecule has 5 heteroatoms. The Morgan fingerprint density at radius 2 is 2.27 bits per heavy atom. The Labute approximate surface area is 90.2 Å². The molecule has 1 aromatic heterocycles. The molecule has 0 atom stereocenters. The van der Waals surface area contributed by atoms with Gasteiger partial charge in [-0.05, 0) is 12.3 Å². The van der Waals surface area contributed by atoms with Crippen molar-refractivity contribution in [1.29, 1.82) is 0 Å². The van der Waals surface area contributed by atoms with Crippen LogP contribution in [-0.4, -0.2) is 30.4 Å². The minimum Gasteiger partial charge on any atom is -0.383 e. The molecule has 0 saturated heterocycles. The first-order valence-corrected chi connectivity index (χ1v) is 5.27. The SMILES string of the molecule is COCCNc1nc(CCC(C)C)no1. The van der Waals surface area contributed by atoms with E-state index in [0.717, 1.165) is 18.7 Å². The minimum absolute atomic E-state index is 0.478. The third kappa shape index (κ3) is 4.78. The van der Waals surface area contributed by atoms with Gasteiger partial charge in [-0.1, -0.05) is 19.0 Å². The fraction of sp³-hybridized carbons (Fsp3) is 0.800. The highest BCUT2D eigenvalue weighted by atomic mass is 16.5. The van der Waals surface area contributed by atoms with Gasteiger partial charge in [0.1, 0.15) is 0 Å². The third-order valence-corrected chi connectivity index (χ3v) is 2.00. The summed E-state index contributed by atoms with van der Waals surface area (Å²) in [5.41, 5.74) is 0. The van der Waals surface area contributed by atoms with Crippen molar-refractivity contribution in [3.8, 4) is 0 Å². The van der Waals surface area contributed by atoms with Crippen LogP contribution in [0.3, 0.4) is 0 Å². The molecule has 1 heterocycles. The molecule has 0 aliphatic heterocycles. The normalized spacial score (nSPS) is 10.9. The van der Waals surface area contributed by atoms with Gasteiger partial charge in [0.05, 0.1) is 6.61 Å². The second kappa shape index (κ2) is 6.40. The molecule has 0 aliphatic rings. The molecule has 0 aliphatic carbocycles. The monoisotopic (exact) mass is 213 g/mol. The lowest BCUT2D eigenvalue weighted by Gasteiger charge is -1.99. The number of hydrogen-bond donors (Lipinski definition) is 1. The average Bonchev–Trinajstić information content (AvgIpc) is 2.63. The molecule has 0 amide bonds. The summed E-state index contributed by atoms with van der Waals surface area (Å²) >= 11 is 0. The van der Waals surface area contributed by atoms with E-state index >= 15 is 0 Å². The fourth-order valence-electron chi connectivity index (χ4n) is 1.11. The largest absolute Gasteiger partial charge is 0.383 e. The first-order chi connectivity index (χ1) is 7.22. The van der Waals surface area contributed by atoms with Crippen molar-refractivity contribution in [2.45, 2.75) is 26.7 Å². The zero-order chi connectivity index (χ0) is 11.1. The zero-order valence-electron chi connectivity index (χ0n) is 9.62. The number of ether oxygens (including phenoxy) is 1. The van der Waals surface area contributed by atoms with Gasteiger partial charge in [0.2, 0.25) is 0 Å². The van der Waals surface area contributed by atoms with E-state index in [-0.39, 0.29) is 0 Å². The Balaban J connectivity index is 2.29. The van der Waals surface area contributed by atoms with E-state index in [1.165, 1.54) is 0 Å². The Hall–Kier alpha value is -1.10. The minimum atomic E-state index is 0.478. The van der Waals surface area contributed by atoms with Crippen LogP contribution >= 0.6 is 0 Å². The van der Waals surface area contributed by atoms with Crippen molar-refractivity contribution >= 4 is 6.01 Å². The van der Waals surface area contributed by atoms with Gasteiger partial charge in [-0.15, -0.1) is 0 Å². The van der Waals surface area contributed by atoms with E-state index in [1.54, 1.807) is 7.11 Å². The van der Waals surface area contributed by atoms with Crippen LogP contribution < -0.4 is 5.32 Å². The van der Waals surface area contributed by atoms with Crippen LogP contribution in [0.1, 0.15) is 26.1 Å². The molecule has 0 fully saturated rings. The topological polar surface area (TPSA) is 60.2 Å². The summed E-state index contributed by atoms with van der Waals surface area (Å²) in [6, 6.07) is 0.478. The van der Waals surface area contributed by atoms with Gasteiger partial charge in [-0.25, -0.2) is 0 Å². The average molecular weight is 213 g/mol. The fourth-order valence-corrected chi connectivity index (χ4v) is 1.11. The number of aromatic nitrogens is 2. The molecule has 1 N–H and O–H groups in total. The number of aryl methyl sites for hydroxylation is 1. The number of hydrogen-bond acceptors (Lipinski definition) is 5. The maximum atomic E-state index is 5.02. The van der Waals surface area contributed by atoms with Crippen LogP contribution in [0.15, 0.2) is 4.52 Å². The second-order valence-corrected chi connectivity index (χ2v) is 3.87. The molecule has 0 spiro atoms. The van der Waals surface area contributed by atoms with E-state index in [2.05, 4.69) is 29.3 Å². The van der Waals surface area contributed by atoms with E-state index in [4.69, 9.17) is 9.26 Å². The van der Waals surface area contributed by atoms with Gasteiger partial charge in [0.15, 0.2) is 5.82 Å². The maximum absolute atomic E-state index is 5.02. The molecule has 0 unspecified atom stereocenters. The van der Waals surface area contributed by atoms with Gasteiger partial charge in [0.25, 0.3) is 0 Å². The summed E-state index contributed by atoms with van der Waals surface area (Å²) in [5.74, 6) is 1.43. The molecule has 15 heavy (non-hydrogen) atoms. The van der Waals surface area contributed by atoms with Crippen molar-refractivity contribution in [3.05, 3.63) is 5.82 Å². The number of rotatable bonds is 7. The summed E-state index contributed by atoms with van der Waals surface area (Å²) in [6.45, 7) is 5.67. The quantitative estimate of drug-likeness (QED) is 0.699. The van der Waals surface area contributed by atoms with Crippen molar-refractivity contribution < 1.29 is 9.26 Å². The molecular weight excluding hydrogens is 194 g/mol. The van der Waals surface area contributed by atoms with Crippen molar-refractivity contribution in [3.63, 3.8) is 0 Å². The van der Waals surface area contributed by atoms with E-state index < -0.39 is 0 Å². The van der Waals surface area contributed by atoms with Gasteiger partial charge in [0, 0.05) is 20.1 Å². The third-order valence-electron chi connectivity index (χ3n) is 2.00. The van der Waals surface area contributed by atoms with Crippen LogP contribution in [0, 0.1) is 5.92 Å². The summed E-state index contributed by atoms with van der Waals surface area (Å²) in [4.78, 5) is 4.21. The second-order valence-electron chi connectivity index (χ2n) is 3.87. The molecule has 86 valence electrons. The lowest BCUT2D eigenvalue weighted by Crippen LogP contribution is -2.07. The Bertz CT molecular complexity index is 273. The zero-order valence-corrected chi connectivity index (χ0v) is 9.62. The highest BCUT2D eigenvalue weighted by Gasteiger charge is 2.05.